The van der Waals surface area contributed by atoms with Crippen molar-refractivity contribution in [2.75, 3.05) is 13.7 Å². The molecule has 3 nitrogen and oxygen atoms in total. The smallest absolute Gasteiger partial charge is 0.165 e. The summed E-state index contributed by atoms with van der Waals surface area (Å²) in [6.45, 7) is 0.633. The summed E-state index contributed by atoms with van der Waals surface area (Å²) >= 11 is 6.40. The molecule has 2 heterocycles. The minimum atomic E-state index is 0.217. The number of halogens is 1. The van der Waals surface area contributed by atoms with Crippen LogP contribution in [0.25, 0.3) is 5.52 Å². The van der Waals surface area contributed by atoms with E-state index in [4.69, 9.17) is 16.3 Å². The predicted octanol–water partition coefficient (Wildman–Crippen LogP) is 5.32. The lowest BCUT2D eigenvalue weighted by Crippen LogP contribution is -2.09. The molecule has 2 aromatic rings. The fourth-order valence-corrected chi connectivity index (χ4v) is 4.11. The van der Waals surface area contributed by atoms with E-state index in [1.54, 1.807) is 7.11 Å². The minimum absolute atomic E-state index is 0.217. The van der Waals surface area contributed by atoms with Crippen molar-refractivity contribution in [3.63, 3.8) is 0 Å². The first-order valence-electron chi connectivity index (χ1n) is 9.01. The van der Waals surface area contributed by atoms with Gasteiger partial charge in [0.1, 0.15) is 0 Å². The van der Waals surface area contributed by atoms with E-state index in [-0.39, 0.29) is 5.78 Å². The first-order valence-corrected chi connectivity index (χ1v) is 9.39. The Bertz CT molecular complexity index is 701. The van der Waals surface area contributed by atoms with Crippen molar-refractivity contribution >= 4 is 22.9 Å². The molecule has 0 aliphatic heterocycles. The minimum Gasteiger partial charge on any atom is -0.384 e. The van der Waals surface area contributed by atoms with Gasteiger partial charge in [0.15, 0.2) is 5.78 Å². The van der Waals surface area contributed by atoms with Crippen LogP contribution < -0.4 is 0 Å². The number of pyridine rings is 1. The number of carbonyl (C=O) groups is 1. The maximum Gasteiger partial charge on any atom is 0.165 e. The molecule has 1 aliphatic rings. The maximum atomic E-state index is 12.8. The van der Waals surface area contributed by atoms with E-state index in [1.807, 2.05) is 28.8 Å². The summed E-state index contributed by atoms with van der Waals surface area (Å²) in [5, 5.41) is 0.641. The van der Waals surface area contributed by atoms with Crippen molar-refractivity contribution in [2.45, 2.75) is 51.4 Å². The molecule has 1 aliphatic carbocycles. The van der Waals surface area contributed by atoms with Gasteiger partial charge in [-0.3, -0.25) is 4.79 Å². The van der Waals surface area contributed by atoms with Crippen molar-refractivity contribution in [1.29, 1.82) is 0 Å². The van der Waals surface area contributed by atoms with Crippen molar-refractivity contribution < 1.29 is 9.53 Å². The Morgan fingerprint density at radius 1 is 1.33 bits per heavy atom. The van der Waals surface area contributed by atoms with E-state index in [0.29, 0.717) is 18.1 Å². The quantitative estimate of drug-likeness (QED) is 0.634. The van der Waals surface area contributed by atoms with Gasteiger partial charge in [0.05, 0.1) is 17.1 Å². The number of nitrogens with zero attached hydrogens (tertiary/aromatic N) is 1. The fourth-order valence-electron chi connectivity index (χ4n) is 3.84. The molecule has 0 saturated heterocycles. The third-order valence-electron chi connectivity index (χ3n) is 5.19. The van der Waals surface area contributed by atoms with Gasteiger partial charge in [0.25, 0.3) is 0 Å². The van der Waals surface area contributed by atoms with Crippen molar-refractivity contribution in [3.8, 4) is 0 Å². The predicted molar refractivity (Wildman–Crippen MR) is 98.1 cm³/mol. The summed E-state index contributed by atoms with van der Waals surface area (Å²) in [5.41, 5.74) is 2.69. The molecule has 4 heteroatoms. The Morgan fingerprint density at radius 3 is 2.88 bits per heavy atom. The Balaban J connectivity index is 1.80. The number of hydrogen-bond acceptors (Lipinski definition) is 2. The third kappa shape index (κ3) is 3.84. The van der Waals surface area contributed by atoms with Crippen LogP contribution in [0.15, 0.2) is 24.4 Å². The molecule has 130 valence electrons. The van der Waals surface area contributed by atoms with Crippen molar-refractivity contribution in [2.24, 2.45) is 5.92 Å². The number of aromatic nitrogens is 1. The van der Waals surface area contributed by atoms with Gasteiger partial charge >= 0.3 is 0 Å². The van der Waals surface area contributed by atoms with Crippen LogP contribution >= 0.6 is 11.6 Å². The van der Waals surface area contributed by atoms with Gasteiger partial charge in [-0.2, -0.15) is 0 Å². The zero-order chi connectivity index (χ0) is 16.9. The molecular formula is C20H26ClNO2. The fraction of sp³-hybridized carbons (Fsp3) is 0.550. The SMILES string of the molecule is COCCc1cc(C(=O)CCC2CCCCC2)c2c(Cl)cccn12. The van der Waals surface area contributed by atoms with Gasteiger partial charge in [-0.05, 0) is 30.5 Å². The van der Waals surface area contributed by atoms with Crippen LogP contribution in [0.3, 0.4) is 0 Å². The molecule has 0 radical (unpaired) electrons. The van der Waals surface area contributed by atoms with E-state index in [9.17, 15) is 4.79 Å². The molecule has 0 unspecified atom stereocenters. The normalized spacial score (nSPS) is 15.9. The molecule has 0 bridgehead atoms. The molecule has 2 aromatic heterocycles. The van der Waals surface area contributed by atoms with Crippen LogP contribution in [0.4, 0.5) is 0 Å². The van der Waals surface area contributed by atoms with Gasteiger partial charge in [-0.15, -0.1) is 0 Å². The van der Waals surface area contributed by atoms with Gasteiger partial charge in [-0.25, -0.2) is 0 Å². The highest BCUT2D eigenvalue weighted by atomic mass is 35.5. The summed E-state index contributed by atoms with van der Waals surface area (Å²) in [5.74, 6) is 0.940. The maximum absolute atomic E-state index is 12.8. The largest absolute Gasteiger partial charge is 0.384 e. The topological polar surface area (TPSA) is 30.7 Å². The number of ether oxygens (including phenoxy) is 1. The standard InChI is InChI=1S/C20H26ClNO2/c1-24-13-11-16-14-17(20-18(21)8-5-12-22(16)20)19(23)10-9-15-6-3-2-4-7-15/h5,8,12,14-15H,2-4,6-7,9-11,13H2,1H3. The van der Waals surface area contributed by atoms with Gasteiger partial charge < -0.3 is 9.14 Å². The summed E-state index contributed by atoms with van der Waals surface area (Å²) in [7, 11) is 1.69. The van der Waals surface area contributed by atoms with Crippen LogP contribution in [-0.2, 0) is 11.2 Å². The second-order valence-electron chi connectivity index (χ2n) is 6.83. The lowest BCUT2D eigenvalue weighted by Gasteiger charge is -2.20. The molecule has 0 atom stereocenters. The summed E-state index contributed by atoms with van der Waals surface area (Å²) < 4.78 is 7.23. The van der Waals surface area contributed by atoms with Crippen LogP contribution in [0.2, 0.25) is 5.02 Å². The van der Waals surface area contributed by atoms with Crippen molar-refractivity contribution in [3.05, 3.63) is 40.7 Å². The molecule has 1 fully saturated rings. The lowest BCUT2D eigenvalue weighted by atomic mass is 9.85. The molecule has 0 spiro atoms. The highest BCUT2D eigenvalue weighted by Crippen LogP contribution is 2.30. The van der Waals surface area contributed by atoms with Crippen molar-refractivity contribution in [1.82, 2.24) is 4.40 Å². The number of rotatable bonds is 7. The Labute approximate surface area is 149 Å². The monoisotopic (exact) mass is 347 g/mol. The Hall–Kier alpha value is -1.32. The van der Waals surface area contributed by atoms with E-state index in [0.717, 1.165) is 35.5 Å². The lowest BCUT2D eigenvalue weighted by molar-refractivity contribution is 0.0972. The highest BCUT2D eigenvalue weighted by Gasteiger charge is 2.20. The third-order valence-corrected chi connectivity index (χ3v) is 5.49. The average Bonchev–Trinajstić information content (AvgIpc) is 2.99. The van der Waals surface area contributed by atoms with E-state index in [1.165, 1.54) is 32.1 Å². The van der Waals surface area contributed by atoms with Crippen LogP contribution in [-0.4, -0.2) is 23.9 Å². The molecule has 0 N–H and O–H groups in total. The van der Waals surface area contributed by atoms with E-state index >= 15 is 0 Å². The molecule has 0 amide bonds. The number of Topliss-reactive ketones (excluding diaryl/α,β-unsaturated/α-hetero) is 1. The second-order valence-corrected chi connectivity index (χ2v) is 7.24. The molecule has 3 rings (SSSR count). The summed E-state index contributed by atoms with van der Waals surface area (Å²) in [6, 6.07) is 5.78. The van der Waals surface area contributed by atoms with Crippen LogP contribution in [0, 0.1) is 5.92 Å². The first-order chi connectivity index (χ1) is 11.7. The van der Waals surface area contributed by atoms with Gasteiger partial charge in [0.2, 0.25) is 0 Å². The van der Waals surface area contributed by atoms with E-state index in [2.05, 4.69) is 0 Å². The number of fused-ring (bicyclic) bond motifs is 1. The van der Waals surface area contributed by atoms with Crippen LogP contribution in [0.5, 0.6) is 0 Å². The zero-order valence-electron chi connectivity index (χ0n) is 14.4. The highest BCUT2D eigenvalue weighted by molar-refractivity contribution is 6.35. The average molecular weight is 348 g/mol. The molecule has 1 saturated carbocycles. The number of hydrogen-bond donors (Lipinski definition) is 0. The van der Waals surface area contributed by atoms with E-state index < -0.39 is 0 Å². The van der Waals surface area contributed by atoms with Gasteiger partial charge in [0, 0.05) is 37.4 Å². The van der Waals surface area contributed by atoms with Crippen LogP contribution in [0.1, 0.15) is 61.0 Å². The summed E-state index contributed by atoms with van der Waals surface area (Å²) in [6.07, 6.45) is 10.9. The number of ketones is 1. The van der Waals surface area contributed by atoms with Gasteiger partial charge in [-0.1, -0.05) is 43.7 Å². The number of carbonyl (C=O) groups excluding carboxylic acids is 1. The Morgan fingerprint density at radius 2 is 2.12 bits per heavy atom. The first kappa shape index (κ1) is 17.5. The molecule has 24 heavy (non-hydrogen) atoms. The molecule has 0 aromatic carbocycles. The second kappa shape index (κ2) is 8.17. The molecular weight excluding hydrogens is 322 g/mol. The number of methoxy groups -OCH3 is 1. The zero-order valence-corrected chi connectivity index (χ0v) is 15.1. The Kier molecular flexibility index (Phi) is 5.96. The summed E-state index contributed by atoms with van der Waals surface area (Å²) in [4.78, 5) is 12.8.